The Labute approximate surface area is 103 Å². The van der Waals surface area contributed by atoms with Crippen molar-refractivity contribution in [1.29, 1.82) is 0 Å². The Kier molecular flexibility index (Phi) is 3.36. The molecule has 1 aromatic carbocycles. The number of fused-ring (bicyclic) bond motifs is 1. The van der Waals surface area contributed by atoms with Crippen LogP contribution in [0.25, 0.3) is 11.1 Å². The Morgan fingerprint density at radius 1 is 1.56 bits per heavy atom. The number of carboxylic acid groups (broad SMARTS) is 1. The number of aromatic nitrogens is 1. The van der Waals surface area contributed by atoms with Crippen LogP contribution in [0.1, 0.15) is 19.8 Å². The Morgan fingerprint density at radius 3 is 3.06 bits per heavy atom. The fourth-order valence-electron chi connectivity index (χ4n) is 1.74. The van der Waals surface area contributed by atoms with E-state index in [1.165, 1.54) is 0 Å². The SMILES string of the molecule is CC(CCC(=O)O)Nc1ccc2oc(=O)[nH]c2c1. The van der Waals surface area contributed by atoms with Crippen molar-refractivity contribution in [3.05, 3.63) is 28.7 Å². The van der Waals surface area contributed by atoms with E-state index in [0.29, 0.717) is 17.5 Å². The molecule has 0 aliphatic rings. The maximum absolute atomic E-state index is 11.0. The van der Waals surface area contributed by atoms with Gasteiger partial charge in [0, 0.05) is 18.2 Å². The van der Waals surface area contributed by atoms with Crippen molar-refractivity contribution in [3.8, 4) is 0 Å². The van der Waals surface area contributed by atoms with Gasteiger partial charge in [-0.15, -0.1) is 0 Å². The molecule has 6 nitrogen and oxygen atoms in total. The van der Waals surface area contributed by atoms with Crippen LogP contribution in [0.15, 0.2) is 27.4 Å². The lowest BCUT2D eigenvalue weighted by atomic mass is 10.1. The first-order valence-corrected chi connectivity index (χ1v) is 5.66. The van der Waals surface area contributed by atoms with Crippen LogP contribution in [-0.4, -0.2) is 22.1 Å². The zero-order valence-corrected chi connectivity index (χ0v) is 9.90. The molecule has 0 bridgehead atoms. The highest BCUT2D eigenvalue weighted by Gasteiger charge is 2.07. The first-order valence-electron chi connectivity index (χ1n) is 5.66. The van der Waals surface area contributed by atoms with Crippen molar-refractivity contribution in [2.24, 2.45) is 0 Å². The minimum atomic E-state index is -0.807. The molecule has 1 aromatic heterocycles. The highest BCUT2D eigenvalue weighted by atomic mass is 16.4. The van der Waals surface area contributed by atoms with Gasteiger partial charge in [-0.05, 0) is 31.5 Å². The third kappa shape index (κ3) is 2.91. The van der Waals surface area contributed by atoms with E-state index < -0.39 is 11.7 Å². The van der Waals surface area contributed by atoms with Gasteiger partial charge < -0.3 is 14.8 Å². The monoisotopic (exact) mass is 250 g/mol. The van der Waals surface area contributed by atoms with Crippen LogP contribution in [0.3, 0.4) is 0 Å². The van der Waals surface area contributed by atoms with E-state index in [1.807, 2.05) is 6.92 Å². The predicted octanol–water partition coefficient (Wildman–Crippen LogP) is 1.79. The summed E-state index contributed by atoms with van der Waals surface area (Å²) in [6, 6.07) is 5.28. The molecular weight excluding hydrogens is 236 g/mol. The number of carboxylic acids is 1. The van der Waals surface area contributed by atoms with Gasteiger partial charge in [0.2, 0.25) is 0 Å². The van der Waals surface area contributed by atoms with Gasteiger partial charge in [0.1, 0.15) is 0 Å². The minimum absolute atomic E-state index is 0.0390. The van der Waals surface area contributed by atoms with E-state index in [9.17, 15) is 9.59 Å². The van der Waals surface area contributed by atoms with Crippen molar-refractivity contribution in [2.45, 2.75) is 25.8 Å². The van der Waals surface area contributed by atoms with Gasteiger partial charge >= 0.3 is 11.7 Å². The Hall–Kier alpha value is -2.24. The van der Waals surface area contributed by atoms with E-state index >= 15 is 0 Å². The van der Waals surface area contributed by atoms with Gasteiger partial charge in [0.05, 0.1) is 5.52 Å². The number of hydrogen-bond acceptors (Lipinski definition) is 4. The average molecular weight is 250 g/mol. The standard InChI is InChI=1S/C12H14N2O4/c1-7(2-5-11(15)16)13-8-3-4-10-9(6-8)14-12(17)18-10/h3-4,6-7,13H,2,5H2,1H3,(H,14,17)(H,15,16). The summed E-state index contributed by atoms with van der Waals surface area (Å²) < 4.78 is 4.89. The van der Waals surface area contributed by atoms with Crippen molar-refractivity contribution in [3.63, 3.8) is 0 Å². The van der Waals surface area contributed by atoms with Crippen molar-refractivity contribution in [1.82, 2.24) is 4.98 Å². The van der Waals surface area contributed by atoms with Crippen LogP contribution in [0.2, 0.25) is 0 Å². The lowest BCUT2D eigenvalue weighted by Gasteiger charge is -2.13. The summed E-state index contributed by atoms with van der Waals surface area (Å²) in [5, 5.41) is 11.8. The van der Waals surface area contributed by atoms with Crippen LogP contribution in [0.5, 0.6) is 0 Å². The third-order valence-corrected chi connectivity index (χ3v) is 2.62. The molecule has 18 heavy (non-hydrogen) atoms. The number of rotatable bonds is 5. The van der Waals surface area contributed by atoms with E-state index in [0.717, 1.165) is 5.69 Å². The second-order valence-electron chi connectivity index (χ2n) is 4.20. The van der Waals surface area contributed by atoms with Gasteiger partial charge in [0.25, 0.3) is 0 Å². The number of benzene rings is 1. The Balaban J connectivity index is 2.06. The summed E-state index contributed by atoms with van der Waals surface area (Å²) in [5.74, 6) is -1.29. The molecule has 0 saturated heterocycles. The second kappa shape index (κ2) is 4.95. The van der Waals surface area contributed by atoms with Gasteiger partial charge in [-0.3, -0.25) is 9.78 Å². The zero-order chi connectivity index (χ0) is 13.1. The summed E-state index contributed by atoms with van der Waals surface area (Å²) in [5.41, 5.74) is 1.94. The molecule has 3 N–H and O–H groups in total. The van der Waals surface area contributed by atoms with E-state index in [-0.39, 0.29) is 12.5 Å². The van der Waals surface area contributed by atoms with Crippen LogP contribution in [0.4, 0.5) is 5.69 Å². The third-order valence-electron chi connectivity index (χ3n) is 2.62. The van der Waals surface area contributed by atoms with Crippen LogP contribution in [0, 0.1) is 0 Å². The number of aliphatic carboxylic acids is 1. The molecule has 1 unspecified atom stereocenters. The van der Waals surface area contributed by atoms with Gasteiger partial charge in [-0.2, -0.15) is 0 Å². The highest BCUT2D eigenvalue weighted by molar-refractivity contribution is 5.76. The predicted molar refractivity (Wildman–Crippen MR) is 66.8 cm³/mol. The number of oxazole rings is 1. The molecule has 1 heterocycles. The van der Waals surface area contributed by atoms with Crippen LogP contribution >= 0.6 is 0 Å². The molecule has 0 radical (unpaired) electrons. The van der Waals surface area contributed by atoms with Gasteiger partial charge in [-0.1, -0.05) is 0 Å². The quantitative estimate of drug-likeness (QED) is 0.751. The number of nitrogens with one attached hydrogen (secondary N) is 2. The fraction of sp³-hybridized carbons (Fsp3) is 0.333. The molecule has 1 atom stereocenters. The molecule has 6 heteroatoms. The molecule has 0 aliphatic carbocycles. The van der Waals surface area contributed by atoms with E-state index in [2.05, 4.69) is 10.3 Å². The second-order valence-corrected chi connectivity index (χ2v) is 4.20. The van der Waals surface area contributed by atoms with E-state index in [4.69, 9.17) is 9.52 Å². The molecule has 0 aliphatic heterocycles. The number of H-pyrrole nitrogens is 1. The van der Waals surface area contributed by atoms with Crippen molar-refractivity contribution >= 4 is 22.8 Å². The zero-order valence-electron chi connectivity index (χ0n) is 9.90. The number of hydrogen-bond donors (Lipinski definition) is 3. The summed E-state index contributed by atoms with van der Waals surface area (Å²) in [6.45, 7) is 1.91. The molecule has 2 aromatic rings. The van der Waals surface area contributed by atoms with Crippen molar-refractivity contribution < 1.29 is 14.3 Å². The number of aromatic amines is 1. The molecule has 96 valence electrons. The summed E-state index contributed by atoms with van der Waals surface area (Å²) in [6.07, 6.45) is 0.661. The normalized spacial score (nSPS) is 12.5. The molecular formula is C12H14N2O4. The molecule has 2 rings (SSSR count). The van der Waals surface area contributed by atoms with Crippen molar-refractivity contribution in [2.75, 3.05) is 5.32 Å². The maximum Gasteiger partial charge on any atom is 0.417 e. The van der Waals surface area contributed by atoms with Crippen LogP contribution < -0.4 is 11.1 Å². The maximum atomic E-state index is 11.0. The average Bonchev–Trinajstić information content (AvgIpc) is 2.66. The van der Waals surface area contributed by atoms with Gasteiger partial charge in [0.15, 0.2) is 5.58 Å². The summed E-state index contributed by atoms with van der Waals surface area (Å²) >= 11 is 0. The van der Waals surface area contributed by atoms with Crippen LogP contribution in [-0.2, 0) is 4.79 Å². The number of carbonyl (C=O) groups is 1. The molecule has 0 spiro atoms. The lowest BCUT2D eigenvalue weighted by Crippen LogP contribution is -2.16. The van der Waals surface area contributed by atoms with E-state index in [1.54, 1.807) is 18.2 Å². The summed E-state index contributed by atoms with van der Waals surface area (Å²) in [4.78, 5) is 24.0. The first kappa shape index (κ1) is 12.2. The van der Waals surface area contributed by atoms with Gasteiger partial charge in [-0.25, -0.2) is 4.79 Å². The fourth-order valence-corrected chi connectivity index (χ4v) is 1.74. The molecule has 0 amide bonds. The number of anilines is 1. The largest absolute Gasteiger partial charge is 0.481 e. The smallest absolute Gasteiger partial charge is 0.417 e. The minimum Gasteiger partial charge on any atom is -0.481 e. The first-order chi connectivity index (χ1) is 8.54. The summed E-state index contributed by atoms with van der Waals surface area (Å²) in [7, 11) is 0. The molecule has 0 saturated carbocycles. The topological polar surface area (TPSA) is 95.3 Å². The lowest BCUT2D eigenvalue weighted by molar-refractivity contribution is -0.137. The highest BCUT2D eigenvalue weighted by Crippen LogP contribution is 2.17. The Bertz CT molecular complexity index is 614. The molecule has 0 fully saturated rings. The Morgan fingerprint density at radius 2 is 2.33 bits per heavy atom.